The first-order valence-electron chi connectivity index (χ1n) is 6.18. The molecule has 5 nitrogen and oxygen atoms in total. The molecule has 0 radical (unpaired) electrons. The van der Waals surface area contributed by atoms with Gasteiger partial charge in [0, 0.05) is 6.20 Å². The fourth-order valence-corrected chi connectivity index (χ4v) is 2.13. The molecule has 0 saturated carbocycles. The lowest BCUT2D eigenvalue weighted by Gasteiger charge is -2.19. The Balaban J connectivity index is 2.55. The largest absolute Gasteiger partial charge is 0.496 e. The minimum absolute atomic E-state index is 0.503. The minimum atomic E-state index is -0.503. The lowest BCUT2D eigenvalue weighted by atomic mass is 10.0. The molecule has 20 heavy (non-hydrogen) atoms. The molecule has 0 aliphatic heterocycles. The Bertz CT molecular complexity index is 565. The zero-order valence-electron chi connectivity index (χ0n) is 11.8. The second-order valence-corrected chi connectivity index (χ2v) is 4.14. The normalized spacial score (nSPS) is 11.8. The molecule has 1 aromatic heterocycles. The lowest BCUT2D eigenvalue weighted by molar-refractivity contribution is 0.378. The molecule has 1 atom stereocenters. The van der Waals surface area contributed by atoms with E-state index in [-0.39, 0.29) is 0 Å². The molecule has 0 aliphatic carbocycles. The van der Waals surface area contributed by atoms with Gasteiger partial charge in [0.2, 0.25) is 0 Å². The van der Waals surface area contributed by atoms with Gasteiger partial charge in [-0.25, -0.2) is 0 Å². The average molecular weight is 274 g/mol. The topological polar surface area (TPSA) is 66.6 Å². The quantitative estimate of drug-likeness (QED) is 0.905. The number of rotatable bonds is 5. The van der Waals surface area contributed by atoms with Crippen LogP contribution in [0.1, 0.15) is 17.3 Å². The molecule has 2 aromatic rings. The summed E-state index contributed by atoms with van der Waals surface area (Å²) >= 11 is 0. The molecule has 0 aliphatic rings. The molecule has 1 aromatic carbocycles. The van der Waals surface area contributed by atoms with Gasteiger partial charge in [-0.3, -0.25) is 4.98 Å². The van der Waals surface area contributed by atoms with Crippen LogP contribution >= 0.6 is 0 Å². The maximum absolute atomic E-state index is 6.34. The van der Waals surface area contributed by atoms with Crippen molar-refractivity contribution in [1.29, 1.82) is 0 Å². The van der Waals surface area contributed by atoms with E-state index in [0.29, 0.717) is 22.9 Å². The molecule has 2 rings (SSSR count). The Morgan fingerprint density at radius 2 is 1.45 bits per heavy atom. The van der Waals surface area contributed by atoms with E-state index in [1.165, 1.54) is 0 Å². The van der Waals surface area contributed by atoms with Crippen LogP contribution in [0.25, 0.3) is 0 Å². The fourth-order valence-electron chi connectivity index (χ4n) is 2.13. The van der Waals surface area contributed by atoms with Crippen molar-refractivity contribution in [2.24, 2.45) is 5.73 Å². The smallest absolute Gasteiger partial charge is 0.142 e. The third-order valence-electron chi connectivity index (χ3n) is 3.09. The van der Waals surface area contributed by atoms with Crippen molar-refractivity contribution >= 4 is 0 Å². The number of nitrogens with two attached hydrogens (primary N) is 1. The maximum Gasteiger partial charge on any atom is 0.142 e. The number of ether oxygens (including phenoxy) is 3. The van der Waals surface area contributed by atoms with Crippen LogP contribution in [0, 0.1) is 0 Å². The van der Waals surface area contributed by atoms with Crippen LogP contribution < -0.4 is 19.9 Å². The van der Waals surface area contributed by atoms with Gasteiger partial charge < -0.3 is 19.9 Å². The predicted octanol–water partition coefficient (Wildman–Crippen LogP) is 2.16. The molecule has 0 bridgehead atoms. The SMILES string of the molecule is COc1cccnc1C(N)c1c(OC)cccc1OC. The number of aromatic nitrogens is 1. The molecule has 0 spiro atoms. The van der Waals surface area contributed by atoms with Gasteiger partial charge in [-0.15, -0.1) is 0 Å². The number of hydrogen-bond donors (Lipinski definition) is 1. The summed E-state index contributed by atoms with van der Waals surface area (Å²) in [5, 5.41) is 0. The fraction of sp³-hybridized carbons (Fsp3) is 0.267. The Labute approximate surface area is 118 Å². The summed E-state index contributed by atoms with van der Waals surface area (Å²) < 4.78 is 16.1. The Kier molecular flexibility index (Phi) is 4.42. The summed E-state index contributed by atoms with van der Waals surface area (Å²) in [6, 6.07) is 8.65. The summed E-state index contributed by atoms with van der Waals surface area (Å²) in [7, 11) is 4.79. The molecule has 0 amide bonds. The van der Waals surface area contributed by atoms with E-state index in [1.807, 2.05) is 24.3 Å². The number of hydrogen-bond acceptors (Lipinski definition) is 5. The van der Waals surface area contributed by atoms with Crippen LogP contribution in [0.5, 0.6) is 17.2 Å². The van der Waals surface area contributed by atoms with Gasteiger partial charge in [-0.1, -0.05) is 6.07 Å². The first-order valence-corrected chi connectivity index (χ1v) is 6.18. The van der Waals surface area contributed by atoms with E-state index >= 15 is 0 Å². The summed E-state index contributed by atoms with van der Waals surface area (Å²) in [4.78, 5) is 4.32. The van der Waals surface area contributed by atoms with Gasteiger partial charge >= 0.3 is 0 Å². The number of nitrogens with zero attached hydrogens (tertiary/aromatic N) is 1. The van der Waals surface area contributed by atoms with E-state index in [1.54, 1.807) is 33.6 Å². The third-order valence-corrected chi connectivity index (χ3v) is 3.09. The van der Waals surface area contributed by atoms with Crippen LogP contribution in [0.15, 0.2) is 36.5 Å². The van der Waals surface area contributed by atoms with Crippen molar-refractivity contribution in [3.8, 4) is 17.2 Å². The van der Waals surface area contributed by atoms with Crippen molar-refractivity contribution in [2.75, 3.05) is 21.3 Å². The molecular weight excluding hydrogens is 256 g/mol. The Morgan fingerprint density at radius 1 is 0.900 bits per heavy atom. The number of benzene rings is 1. The molecular formula is C15H18N2O3. The zero-order valence-corrected chi connectivity index (χ0v) is 11.8. The predicted molar refractivity (Wildman–Crippen MR) is 76.4 cm³/mol. The summed E-state index contributed by atoms with van der Waals surface area (Å²) in [5.41, 5.74) is 7.72. The van der Waals surface area contributed by atoms with Crippen molar-refractivity contribution in [2.45, 2.75) is 6.04 Å². The van der Waals surface area contributed by atoms with E-state index in [2.05, 4.69) is 4.98 Å². The highest BCUT2D eigenvalue weighted by atomic mass is 16.5. The van der Waals surface area contributed by atoms with E-state index in [9.17, 15) is 0 Å². The van der Waals surface area contributed by atoms with Crippen molar-refractivity contribution in [3.05, 3.63) is 47.8 Å². The van der Waals surface area contributed by atoms with E-state index in [0.717, 1.165) is 5.56 Å². The summed E-state index contributed by atoms with van der Waals surface area (Å²) in [6.07, 6.45) is 1.68. The summed E-state index contributed by atoms with van der Waals surface area (Å²) in [5.74, 6) is 1.95. The molecule has 2 N–H and O–H groups in total. The first kappa shape index (κ1) is 14.1. The second-order valence-electron chi connectivity index (χ2n) is 4.14. The van der Waals surface area contributed by atoms with Gasteiger partial charge in [0.1, 0.15) is 22.9 Å². The number of pyridine rings is 1. The zero-order chi connectivity index (χ0) is 14.5. The standard InChI is InChI=1S/C15H18N2O3/c1-18-10-6-4-7-11(19-2)13(10)14(16)15-12(20-3)8-5-9-17-15/h4-9,14H,16H2,1-3H3. The van der Waals surface area contributed by atoms with E-state index in [4.69, 9.17) is 19.9 Å². The van der Waals surface area contributed by atoms with Crippen molar-refractivity contribution < 1.29 is 14.2 Å². The molecule has 1 unspecified atom stereocenters. The average Bonchev–Trinajstić information content (AvgIpc) is 2.53. The Hall–Kier alpha value is -2.27. The van der Waals surface area contributed by atoms with Crippen LogP contribution in [0.2, 0.25) is 0 Å². The highest BCUT2D eigenvalue weighted by Gasteiger charge is 2.22. The highest BCUT2D eigenvalue weighted by molar-refractivity contribution is 5.51. The number of methoxy groups -OCH3 is 3. The van der Waals surface area contributed by atoms with Crippen LogP contribution in [0.4, 0.5) is 0 Å². The van der Waals surface area contributed by atoms with Crippen molar-refractivity contribution in [3.63, 3.8) is 0 Å². The first-order chi connectivity index (χ1) is 9.72. The van der Waals surface area contributed by atoms with Crippen LogP contribution in [-0.2, 0) is 0 Å². The molecule has 5 heteroatoms. The minimum Gasteiger partial charge on any atom is -0.496 e. The monoisotopic (exact) mass is 274 g/mol. The molecule has 0 fully saturated rings. The highest BCUT2D eigenvalue weighted by Crippen LogP contribution is 2.37. The van der Waals surface area contributed by atoms with Crippen LogP contribution in [0.3, 0.4) is 0 Å². The van der Waals surface area contributed by atoms with Crippen LogP contribution in [-0.4, -0.2) is 26.3 Å². The summed E-state index contributed by atoms with van der Waals surface area (Å²) in [6.45, 7) is 0. The van der Waals surface area contributed by atoms with E-state index < -0.39 is 6.04 Å². The second kappa shape index (κ2) is 6.25. The van der Waals surface area contributed by atoms with Gasteiger partial charge in [0.25, 0.3) is 0 Å². The molecule has 0 saturated heterocycles. The van der Waals surface area contributed by atoms with Gasteiger partial charge in [0.15, 0.2) is 0 Å². The maximum atomic E-state index is 6.34. The van der Waals surface area contributed by atoms with Gasteiger partial charge in [-0.05, 0) is 24.3 Å². The lowest BCUT2D eigenvalue weighted by Crippen LogP contribution is -2.16. The van der Waals surface area contributed by atoms with Gasteiger partial charge in [-0.2, -0.15) is 0 Å². The van der Waals surface area contributed by atoms with Gasteiger partial charge in [0.05, 0.1) is 32.9 Å². The molecule has 106 valence electrons. The molecule has 1 heterocycles. The Morgan fingerprint density at radius 3 is 2.00 bits per heavy atom. The third kappa shape index (κ3) is 2.53. The van der Waals surface area contributed by atoms with Crippen molar-refractivity contribution in [1.82, 2.24) is 4.98 Å².